The van der Waals surface area contributed by atoms with Crippen LogP contribution in [0, 0.1) is 0 Å². The van der Waals surface area contributed by atoms with Crippen molar-refractivity contribution in [3.63, 3.8) is 0 Å². The van der Waals surface area contributed by atoms with Crippen LogP contribution >= 0.6 is 0 Å². The number of nitrogens with one attached hydrogen (secondary N) is 2. The fourth-order valence-electron chi connectivity index (χ4n) is 0.558. The number of Topliss-reactive ketones (excluding diaryl/α,β-unsaturated/α-hetero) is 1. The Balaban J connectivity index is 3.58. The zero-order chi connectivity index (χ0) is 10.3. The number of carbonyl (C=O) groups excluding carboxylic acids is 3. The Hall–Kier alpha value is -1.59. The Bertz CT molecular complexity index is 215. The quantitative estimate of drug-likeness (QED) is 0.472. The lowest BCUT2D eigenvalue weighted by molar-refractivity contribution is -0.127. The lowest BCUT2D eigenvalue weighted by Gasteiger charge is -2.05. The third kappa shape index (κ3) is 6.79. The van der Waals surface area contributed by atoms with E-state index in [1.807, 2.05) is 10.9 Å². The molecule has 0 heterocycles. The molecule has 0 rings (SSSR count). The molecule has 0 aromatic rings. The van der Waals surface area contributed by atoms with Gasteiger partial charge < -0.3 is 4.74 Å². The van der Waals surface area contributed by atoms with Crippen molar-refractivity contribution in [3.05, 3.63) is 0 Å². The molecule has 0 saturated carbocycles. The van der Waals surface area contributed by atoms with Gasteiger partial charge in [0.15, 0.2) is 0 Å². The molecule has 0 radical (unpaired) electrons. The Morgan fingerprint density at radius 1 is 1.23 bits per heavy atom. The van der Waals surface area contributed by atoms with Crippen molar-refractivity contribution >= 4 is 17.8 Å². The van der Waals surface area contributed by atoms with Gasteiger partial charge >= 0.3 is 6.09 Å². The van der Waals surface area contributed by atoms with Gasteiger partial charge in [-0.15, -0.1) is 0 Å². The van der Waals surface area contributed by atoms with Crippen LogP contribution in [0.25, 0.3) is 0 Å². The molecule has 0 bridgehead atoms. The molecule has 0 atom stereocenters. The van der Waals surface area contributed by atoms with Gasteiger partial charge in [-0.05, 0) is 13.8 Å². The first-order valence-corrected chi connectivity index (χ1v) is 3.77. The largest absolute Gasteiger partial charge is 0.449 e. The standard InChI is InChI=1S/C7H12N2O4/c1-3-13-7(12)9-8-6(11)4-5(2)10/h3-4H2,1-2H3,(H,8,11)(H,9,12). The molecule has 0 aromatic heterocycles. The van der Waals surface area contributed by atoms with Crippen LogP contribution < -0.4 is 10.9 Å². The van der Waals surface area contributed by atoms with E-state index in [1.165, 1.54) is 6.92 Å². The number of hydrogen-bond acceptors (Lipinski definition) is 4. The molecule has 2 N–H and O–H groups in total. The third-order valence-electron chi connectivity index (χ3n) is 0.989. The summed E-state index contributed by atoms with van der Waals surface area (Å²) in [7, 11) is 0. The highest BCUT2D eigenvalue weighted by atomic mass is 16.5. The summed E-state index contributed by atoms with van der Waals surface area (Å²) in [6.07, 6.45) is -1.01. The van der Waals surface area contributed by atoms with Gasteiger partial charge in [-0.3, -0.25) is 15.0 Å². The summed E-state index contributed by atoms with van der Waals surface area (Å²) in [6.45, 7) is 3.13. The molecule has 0 aliphatic carbocycles. The third-order valence-corrected chi connectivity index (χ3v) is 0.989. The lowest BCUT2D eigenvalue weighted by atomic mass is 10.3. The van der Waals surface area contributed by atoms with Crippen molar-refractivity contribution in [2.45, 2.75) is 20.3 Å². The summed E-state index contributed by atoms with van der Waals surface area (Å²) in [5.41, 5.74) is 3.99. The van der Waals surface area contributed by atoms with E-state index >= 15 is 0 Å². The molecule has 13 heavy (non-hydrogen) atoms. The smallest absolute Gasteiger partial charge is 0.426 e. The molecule has 0 fully saturated rings. The average molecular weight is 188 g/mol. The summed E-state index contributed by atoms with van der Waals surface area (Å²) >= 11 is 0. The highest BCUT2D eigenvalue weighted by molar-refractivity contribution is 5.97. The Labute approximate surface area is 75.6 Å². The number of ketones is 1. The first-order valence-electron chi connectivity index (χ1n) is 3.77. The zero-order valence-corrected chi connectivity index (χ0v) is 7.55. The van der Waals surface area contributed by atoms with E-state index < -0.39 is 12.0 Å². The van der Waals surface area contributed by atoms with Gasteiger partial charge in [0.05, 0.1) is 13.0 Å². The lowest BCUT2D eigenvalue weighted by Crippen LogP contribution is -2.42. The summed E-state index contributed by atoms with van der Waals surface area (Å²) < 4.78 is 4.45. The fraction of sp³-hybridized carbons (Fsp3) is 0.571. The number of ether oxygens (including phenoxy) is 1. The second kappa shape index (κ2) is 5.99. The zero-order valence-electron chi connectivity index (χ0n) is 7.55. The maximum atomic E-state index is 10.8. The van der Waals surface area contributed by atoms with Crippen LogP contribution in [0.3, 0.4) is 0 Å². The van der Waals surface area contributed by atoms with Crippen molar-refractivity contribution in [1.82, 2.24) is 10.9 Å². The predicted octanol–water partition coefficient (Wildman–Crippen LogP) is -0.257. The first-order chi connectivity index (χ1) is 6.06. The van der Waals surface area contributed by atoms with Gasteiger partial charge in [-0.25, -0.2) is 10.2 Å². The van der Waals surface area contributed by atoms with Crippen LogP contribution in [0.2, 0.25) is 0 Å². The molecule has 2 amide bonds. The molecule has 0 aromatic carbocycles. The van der Waals surface area contributed by atoms with Crippen molar-refractivity contribution in [3.8, 4) is 0 Å². The average Bonchev–Trinajstić information content (AvgIpc) is 2.00. The molecular weight excluding hydrogens is 176 g/mol. The molecule has 74 valence electrons. The first kappa shape index (κ1) is 11.4. The fourth-order valence-corrected chi connectivity index (χ4v) is 0.558. The minimum Gasteiger partial charge on any atom is -0.449 e. The van der Waals surface area contributed by atoms with Crippen molar-refractivity contribution in [2.24, 2.45) is 0 Å². The van der Waals surface area contributed by atoms with Crippen molar-refractivity contribution < 1.29 is 19.1 Å². The highest BCUT2D eigenvalue weighted by Gasteiger charge is 2.06. The number of amides is 2. The maximum absolute atomic E-state index is 10.8. The van der Waals surface area contributed by atoms with E-state index in [4.69, 9.17) is 0 Å². The highest BCUT2D eigenvalue weighted by Crippen LogP contribution is 1.80. The molecule has 0 saturated heterocycles. The summed E-state index contributed by atoms with van der Waals surface area (Å²) in [4.78, 5) is 31.8. The van der Waals surface area contributed by atoms with Crippen LogP contribution in [0.1, 0.15) is 20.3 Å². The van der Waals surface area contributed by atoms with Crippen LogP contribution in [-0.4, -0.2) is 24.4 Å². The molecule has 0 aliphatic heterocycles. The van der Waals surface area contributed by atoms with Gasteiger partial charge in [0, 0.05) is 0 Å². The number of hydrazine groups is 1. The Morgan fingerprint density at radius 2 is 1.85 bits per heavy atom. The van der Waals surface area contributed by atoms with E-state index in [0.29, 0.717) is 0 Å². The topological polar surface area (TPSA) is 84.5 Å². The van der Waals surface area contributed by atoms with Crippen LogP contribution in [0.15, 0.2) is 0 Å². The molecule has 0 spiro atoms. The van der Waals surface area contributed by atoms with Gasteiger partial charge in [0.25, 0.3) is 0 Å². The number of carbonyl (C=O) groups is 3. The van der Waals surface area contributed by atoms with E-state index in [9.17, 15) is 14.4 Å². The summed E-state index contributed by atoms with van der Waals surface area (Å²) in [5.74, 6) is -0.844. The number of hydrogen-bond donors (Lipinski definition) is 2. The molecule has 6 nitrogen and oxygen atoms in total. The normalized spacial score (nSPS) is 8.77. The molecule has 0 aliphatic rings. The Morgan fingerprint density at radius 3 is 2.31 bits per heavy atom. The van der Waals surface area contributed by atoms with Gasteiger partial charge in [0.1, 0.15) is 5.78 Å². The molecule has 0 unspecified atom stereocenters. The number of rotatable bonds is 3. The van der Waals surface area contributed by atoms with E-state index in [0.717, 1.165) is 0 Å². The van der Waals surface area contributed by atoms with E-state index in [-0.39, 0.29) is 18.8 Å². The summed E-state index contributed by atoms with van der Waals surface area (Å²) in [6, 6.07) is 0. The summed E-state index contributed by atoms with van der Waals surface area (Å²) in [5, 5.41) is 0. The molecular formula is C7H12N2O4. The Kier molecular flexibility index (Phi) is 5.25. The van der Waals surface area contributed by atoms with E-state index in [2.05, 4.69) is 4.74 Å². The van der Waals surface area contributed by atoms with Crippen LogP contribution in [-0.2, 0) is 14.3 Å². The second-order valence-corrected chi connectivity index (χ2v) is 2.27. The van der Waals surface area contributed by atoms with Crippen LogP contribution in [0.5, 0.6) is 0 Å². The van der Waals surface area contributed by atoms with Crippen molar-refractivity contribution in [2.75, 3.05) is 6.61 Å². The van der Waals surface area contributed by atoms with Crippen molar-refractivity contribution in [1.29, 1.82) is 0 Å². The van der Waals surface area contributed by atoms with Gasteiger partial charge in [-0.1, -0.05) is 0 Å². The van der Waals surface area contributed by atoms with Crippen LogP contribution in [0.4, 0.5) is 4.79 Å². The minimum atomic E-state index is -0.751. The van der Waals surface area contributed by atoms with Gasteiger partial charge in [-0.2, -0.15) is 0 Å². The predicted molar refractivity (Wildman–Crippen MR) is 43.6 cm³/mol. The van der Waals surface area contributed by atoms with E-state index in [1.54, 1.807) is 6.92 Å². The van der Waals surface area contributed by atoms with Gasteiger partial charge in [0.2, 0.25) is 5.91 Å². The SMILES string of the molecule is CCOC(=O)NNC(=O)CC(C)=O. The minimum absolute atomic E-state index is 0.217. The maximum Gasteiger partial charge on any atom is 0.426 e. The second-order valence-electron chi connectivity index (χ2n) is 2.27. The monoisotopic (exact) mass is 188 g/mol. The molecule has 6 heteroatoms.